The van der Waals surface area contributed by atoms with Crippen molar-refractivity contribution in [1.29, 1.82) is 0 Å². The van der Waals surface area contributed by atoms with E-state index in [0.717, 1.165) is 89.9 Å². The van der Waals surface area contributed by atoms with E-state index in [1.54, 1.807) is 28.4 Å². The summed E-state index contributed by atoms with van der Waals surface area (Å²) in [4.78, 5) is 0. The summed E-state index contributed by atoms with van der Waals surface area (Å²) in [6.07, 6.45) is 5.18. The van der Waals surface area contributed by atoms with Gasteiger partial charge >= 0.3 is 0 Å². The Morgan fingerprint density at radius 2 is 0.654 bits per heavy atom. The van der Waals surface area contributed by atoms with Crippen molar-refractivity contribution in [3.8, 4) is 46.0 Å². The SMILES string of the molecule is COc1cccc(CCc2cccc(Oc3cc(CCc4ccc(OC)c(OC)c4)cc(Oc4cccc(CCc5cccc(OC)c5)c4)c3)c2)c1. The van der Waals surface area contributed by atoms with E-state index < -0.39 is 0 Å². The Balaban J connectivity index is 1.20. The van der Waals surface area contributed by atoms with Crippen LogP contribution in [0.25, 0.3) is 0 Å². The Kier molecular flexibility index (Phi) is 12.3. The first-order valence-electron chi connectivity index (χ1n) is 17.6. The highest BCUT2D eigenvalue weighted by atomic mass is 16.5. The second-order valence-corrected chi connectivity index (χ2v) is 12.7. The third-order valence-electron chi connectivity index (χ3n) is 9.03. The predicted octanol–water partition coefficient (Wildman–Crippen LogP) is 10.7. The van der Waals surface area contributed by atoms with Gasteiger partial charge in [-0.2, -0.15) is 0 Å². The zero-order chi connectivity index (χ0) is 36.1. The third kappa shape index (κ3) is 10.1. The first kappa shape index (κ1) is 35.9. The molecule has 6 rings (SSSR count). The molecule has 6 heteroatoms. The first-order chi connectivity index (χ1) is 25.5. The lowest BCUT2D eigenvalue weighted by Gasteiger charge is -2.14. The van der Waals surface area contributed by atoms with E-state index in [4.69, 9.17) is 28.4 Å². The van der Waals surface area contributed by atoms with E-state index >= 15 is 0 Å². The molecule has 0 aliphatic rings. The van der Waals surface area contributed by atoms with Gasteiger partial charge in [-0.1, -0.05) is 54.6 Å². The van der Waals surface area contributed by atoms with Crippen molar-refractivity contribution in [2.75, 3.05) is 28.4 Å². The minimum Gasteiger partial charge on any atom is -0.497 e. The smallest absolute Gasteiger partial charge is 0.160 e. The monoisotopic (exact) mass is 694 g/mol. The van der Waals surface area contributed by atoms with Gasteiger partial charge in [0.15, 0.2) is 11.5 Å². The number of aryl methyl sites for hydroxylation is 6. The Morgan fingerprint density at radius 3 is 1.08 bits per heavy atom. The lowest BCUT2D eigenvalue weighted by atomic mass is 10.0. The minimum atomic E-state index is 0.716. The number of methoxy groups -OCH3 is 4. The third-order valence-corrected chi connectivity index (χ3v) is 9.03. The minimum absolute atomic E-state index is 0.716. The lowest BCUT2D eigenvalue weighted by Crippen LogP contribution is -1.97. The standard InChI is InChI=1S/C46H46O6/c1-47-39-13-5-9-33(25-39)17-19-35-11-7-15-41(27-35)51-43-29-38(22-21-37-23-24-45(49-3)46(31-37)50-4)30-44(32-43)52-42-16-8-12-36(28-42)20-18-34-10-6-14-40(26-34)48-2/h5-16,23-32H,17-22H2,1-4H3. The van der Waals surface area contributed by atoms with Gasteiger partial charge in [0.1, 0.15) is 34.5 Å². The molecule has 0 radical (unpaired) electrons. The molecule has 0 aliphatic heterocycles. The van der Waals surface area contributed by atoms with Gasteiger partial charge in [0, 0.05) is 6.07 Å². The molecule has 6 aromatic carbocycles. The fourth-order valence-electron chi connectivity index (χ4n) is 6.25. The summed E-state index contributed by atoms with van der Waals surface area (Å²) in [7, 11) is 6.71. The highest BCUT2D eigenvalue weighted by Gasteiger charge is 2.10. The van der Waals surface area contributed by atoms with Crippen LogP contribution >= 0.6 is 0 Å². The average molecular weight is 695 g/mol. The maximum atomic E-state index is 6.53. The van der Waals surface area contributed by atoms with Crippen LogP contribution in [-0.2, 0) is 38.5 Å². The number of rotatable bonds is 17. The second-order valence-electron chi connectivity index (χ2n) is 12.7. The zero-order valence-corrected chi connectivity index (χ0v) is 30.4. The van der Waals surface area contributed by atoms with E-state index in [2.05, 4.69) is 66.7 Å². The summed E-state index contributed by atoms with van der Waals surface area (Å²) in [6.45, 7) is 0. The Bertz CT molecular complexity index is 1950. The molecule has 0 aliphatic carbocycles. The van der Waals surface area contributed by atoms with E-state index in [1.807, 2.05) is 66.7 Å². The van der Waals surface area contributed by atoms with E-state index in [9.17, 15) is 0 Å². The fraction of sp³-hybridized carbons (Fsp3) is 0.217. The quantitative estimate of drug-likeness (QED) is 0.0947. The predicted molar refractivity (Wildman–Crippen MR) is 207 cm³/mol. The molecule has 0 unspecified atom stereocenters. The number of hydrogen-bond donors (Lipinski definition) is 0. The maximum absolute atomic E-state index is 6.53. The summed E-state index contributed by atoms with van der Waals surface area (Å²) >= 11 is 0. The molecule has 0 N–H and O–H groups in total. The fourth-order valence-corrected chi connectivity index (χ4v) is 6.25. The maximum Gasteiger partial charge on any atom is 0.160 e. The Labute approximate surface area is 307 Å². The molecule has 0 spiro atoms. The van der Waals surface area contributed by atoms with Crippen molar-refractivity contribution in [3.63, 3.8) is 0 Å². The second kappa shape index (κ2) is 17.9. The highest BCUT2D eigenvalue weighted by Crippen LogP contribution is 2.33. The van der Waals surface area contributed by atoms with Gasteiger partial charge in [-0.05, 0) is 145 Å². The van der Waals surface area contributed by atoms with Gasteiger partial charge in [0.25, 0.3) is 0 Å². The van der Waals surface area contributed by atoms with Gasteiger partial charge in [-0.15, -0.1) is 0 Å². The molecule has 0 fully saturated rings. The van der Waals surface area contributed by atoms with Crippen molar-refractivity contribution in [2.24, 2.45) is 0 Å². The highest BCUT2D eigenvalue weighted by molar-refractivity contribution is 5.46. The van der Waals surface area contributed by atoms with Crippen LogP contribution in [0.1, 0.15) is 33.4 Å². The average Bonchev–Trinajstić information content (AvgIpc) is 3.18. The summed E-state index contributed by atoms with van der Waals surface area (Å²) in [5.41, 5.74) is 7.13. The topological polar surface area (TPSA) is 55.4 Å². The van der Waals surface area contributed by atoms with Crippen molar-refractivity contribution in [1.82, 2.24) is 0 Å². The van der Waals surface area contributed by atoms with Crippen LogP contribution < -0.4 is 28.4 Å². The molecule has 266 valence electrons. The van der Waals surface area contributed by atoms with Crippen LogP contribution in [0.5, 0.6) is 46.0 Å². The number of ether oxygens (including phenoxy) is 6. The van der Waals surface area contributed by atoms with Crippen LogP contribution in [0.15, 0.2) is 133 Å². The molecule has 0 saturated carbocycles. The van der Waals surface area contributed by atoms with Crippen LogP contribution in [0, 0.1) is 0 Å². The molecule has 0 heterocycles. The van der Waals surface area contributed by atoms with Gasteiger partial charge in [0.2, 0.25) is 0 Å². The van der Waals surface area contributed by atoms with Crippen molar-refractivity contribution < 1.29 is 28.4 Å². The first-order valence-corrected chi connectivity index (χ1v) is 17.6. The number of hydrogen-bond acceptors (Lipinski definition) is 6. The number of benzene rings is 6. The molecule has 0 aromatic heterocycles. The Hall–Kier alpha value is -5.88. The van der Waals surface area contributed by atoms with E-state index in [-0.39, 0.29) is 0 Å². The molecular formula is C46H46O6. The molecular weight excluding hydrogens is 649 g/mol. The molecule has 0 saturated heterocycles. The van der Waals surface area contributed by atoms with Gasteiger partial charge in [0.05, 0.1) is 28.4 Å². The molecule has 6 nitrogen and oxygen atoms in total. The largest absolute Gasteiger partial charge is 0.497 e. The molecule has 0 bridgehead atoms. The summed E-state index contributed by atoms with van der Waals surface area (Å²) in [6, 6.07) is 45.3. The normalized spacial score (nSPS) is 10.8. The zero-order valence-electron chi connectivity index (χ0n) is 30.4. The lowest BCUT2D eigenvalue weighted by molar-refractivity contribution is 0.354. The summed E-state index contributed by atoms with van der Waals surface area (Å²) in [5, 5.41) is 0. The van der Waals surface area contributed by atoms with Crippen LogP contribution in [-0.4, -0.2) is 28.4 Å². The summed E-state index contributed by atoms with van der Waals surface area (Å²) in [5.74, 6) is 6.19. The van der Waals surface area contributed by atoms with E-state index in [1.165, 1.54) is 22.3 Å². The van der Waals surface area contributed by atoms with Crippen LogP contribution in [0.4, 0.5) is 0 Å². The molecule has 0 atom stereocenters. The molecule has 0 amide bonds. The van der Waals surface area contributed by atoms with E-state index in [0.29, 0.717) is 5.75 Å². The molecule has 6 aromatic rings. The van der Waals surface area contributed by atoms with Crippen LogP contribution in [0.3, 0.4) is 0 Å². The van der Waals surface area contributed by atoms with Crippen molar-refractivity contribution in [2.45, 2.75) is 38.5 Å². The van der Waals surface area contributed by atoms with Gasteiger partial charge < -0.3 is 28.4 Å². The van der Waals surface area contributed by atoms with Crippen molar-refractivity contribution >= 4 is 0 Å². The van der Waals surface area contributed by atoms with Gasteiger partial charge in [-0.25, -0.2) is 0 Å². The molecule has 52 heavy (non-hydrogen) atoms. The van der Waals surface area contributed by atoms with Crippen molar-refractivity contribution in [3.05, 3.63) is 167 Å². The van der Waals surface area contributed by atoms with Crippen LogP contribution in [0.2, 0.25) is 0 Å². The Morgan fingerprint density at radius 1 is 0.288 bits per heavy atom. The summed E-state index contributed by atoms with van der Waals surface area (Å²) < 4.78 is 34.9. The van der Waals surface area contributed by atoms with Gasteiger partial charge in [-0.3, -0.25) is 0 Å².